The van der Waals surface area contributed by atoms with Crippen molar-refractivity contribution in [3.8, 4) is 0 Å². The summed E-state index contributed by atoms with van der Waals surface area (Å²) in [6.07, 6.45) is 0. The summed E-state index contributed by atoms with van der Waals surface area (Å²) in [6.45, 7) is 8.49. The van der Waals surface area contributed by atoms with Gasteiger partial charge in [0.15, 0.2) is 0 Å². The molecule has 3 heteroatoms. The lowest BCUT2D eigenvalue weighted by Gasteiger charge is -2.20. The molecule has 2 nitrogen and oxygen atoms in total. The summed E-state index contributed by atoms with van der Waals surface area (Å²) in [5, 5.41) is 1.04. The van der Waals surface area contributed by atoms with Crippen LogP contribution in [0.3, 0.4) is 0 Å². The normalized spacial score (nSPS) is 11.8. The van der Waals surface area contributed by atoms with Crippen LogP contribution in [0.2, 0.25) is 0 Å². The monoisotopic (exact) mass is 258 g/mol. The van der Waals surface area contributed by atoms with Crippen LogP contribution < -0.4 is 5.73 Å². The number of hydrogen-bond acceptors (Lipinski definition) is 2. The van der Waals surface area contributed by atoms with Crippen LogP contribution >= 0.6 is 12.2 Å². The molecule has 0 unspecified atom stereocenters. The molecule has 0 radical (unpaired) electrons. The Hall–Kier alpha value is -1.48. The SMILES string of the molecule is Cc1cccc2c(C(N)=S)cc(C(C)(C)C)nc12. The average molecular weight is 258 g/mol. The first kappa shape index (κ1) is 13.0. The number of aromatic nitrogens is 1. The van der Waals surface area contributed by atoms with E-state index in [0.29, 0.717) is 4.99 Å². The summed E-state index contributed by atoms with van der Waals surface area (Å²) in [4.78, 5) is 5.20. The number of hydrogen-bond donors (Lipinski definition) is 1. The molecule has 1 aromatic carbocycles. The minimum Gasteiger partial charge on any atom is -0.389 e. The van der Waals surface area contributed by atoms with Crippen LogP contribution in [0.5, 0.6) is 0 Å². The molecule has 0 atom stereocenters. The summed E-state index contributed by atoms with van der Waals surface area (Å²) in [5.74, 6) is 0. The minimum atomic E-state index is -0.0179. The number of fused-ring (bicyclic) bond motifs is 1. The zero-order valence-electron chi connectivity index (χ0n) is 11.2. The molecule has 0 spiro atoms. The van der Waals surface area contributed by atoms with E-state index in [0.717, 1.165) is 27.7 Å². The van der Waals surface area contributed by atoms with Gasteiger partial charge in [0.1, 0.15) is 4.99 Å². The van der Waals surface area contributed by atoms with Crippen molar-refractivity contribution in [1.82, 2.24) is 4.98 Å². The second-order valence-corrected chi connectivity index (χ2v) is 6.08. The van der Waals surface area contributed by atoms with Gasteiger partial charge in [-0.1, -0.05) is 51.2 Å². The maximum absolute atomic E-state index is 5.85. The van der Waals surface area contributed by atoms with E-state index in [4.69, 9.17) is 22.9 Å². The molecule has 0 saturated carbocycles. The average Bonchev–Trinajstić information content (AvgIpc) is 2.27. The summed E-state index contributed by atoms with van der Waals surface area (Å²) in [5.41, 5.74) is 9.91. The van der Waals surface area contributed by atoms with Crippen LogP contribution in [0.15, 0.2) is 24.3 Å². The number of aryl methyl sites for hydroxylation is 1. The van der Waals surface area contributed by atoms with Gasteiger partial charge in [-0.15, -0.1) is 0 Å². The van der Waals surface area contributed by atoms with Crippen molar-refractivity contribution < 1.29 is 0 Å². The van der Waals surface area contributed by atoms with Crippen molar-refractivity contribution in [2.45, 2.75) is 33.1 Å². The Balaban J connectivity index is 2.88. The quantitative estimate of drug-likeness (QED) is 0.796. The second kappa shape index (κ2) is 4.32. The van der Waals surface area contributed by atoms with E-state index in [9.17, 15) is 0 Å². The Labute approximate surface area is 113 Å². The lowest BCUT2D eigenvalue weighted by molar-refractivity contribution is 0.571. The number of nitrogens with zero attached hydrogens (tertiary/aromatic N) is 1. The van der Waals surface area contributed by atoms with Crippen LogP contribution in [0.4, 0.5) is 0 Å². The predicted molar refractivity (Wildman–Crippen MR) is 81.1 cm³/mol. The van der Waals surface area contributed by atoms with Gasteiger partial charge in [0.2, 0.25) is 0 Å². The van der Waals surface area contributed by atoms with E-state index >= 15 is 0 Å². The van der Waals surface area contributed by atoms with Gasteiger partial charge in [0.25, 0.3) is 0 Å². The third-order valence-electron chi connectivity index (χ3n) is 3.08. The van der Waals surface area contributed by atoms with Crippen molar-refractivity contribution >= 4 is 28.1 Å². The highest BCUT2D eigenvalue weighted by molar-refractivity contribution is 7.80. The highest BCUT2D eigenvalue weighted by atomic mass is 32.1. The molecule has 0 bridgehead atoms. The standard InChI is InChI=1S/C15H18N2S/c1-9-6-5-7-10-11(14(16)18)8-12(15(2,3)4)17-13(9)10/h5-8H,1-4H3,(H2,16,18). The molecule has 2 rings (SSSR count). The highest BCUT2D eigenvalue weighted by Crippen LogP contribution is 2.27. The number of thiocarbonyl (C=S) groups is 1. The molecule has 1 aromatic heterocycles. The fourth-order valence-electron chi connectivity index (χ4n) is 1.98. The van der Waals surface area contributed by atoms with Gasteiger partial charge in [-0.2, -0.15) is 0 Å². The van der Waals surface area contributed by atoms with Gasteiger partial charge < -0.3 is 5.73 Å². The first-order valence-corrected chi connectivity index (χ1v) is 6.42. The molecule has 0 aliphatic heterocycles. The molecule has 0 amide bonds. The van der Waals surface area contributed by atoms with E-state index in [-0.39, 0.29) is 5.41 Å². The van der Waals surface area contributed by atoms with Gasteiger partial charge in [-0.05, 0) is 18.6 Å². The molecule has 2 N–H and O–H groups in total. The molecular weight excluding hydrogens is 240 g/mol. The van der Waals surface area contributed by atoms with Crippen LogP contribution in [-0.2, 0) is 5.41 Å². The van der Waals surface area contributed by atoms with Crippen molar-refractivity contribution in [3.05, 3.63) is 41.1 Å². The zero-order chi connectivity index (χ0) is 13.5. The third-order valence-corrected chi connectivity index (χ3v) is 3.30. The smallest absolute Gasteiger partial charge is 0.104 e. The molecular formula is C15H18N2S. The van der Waals surface area contributed by atoms with Crippen LogP contribution in [0.1, 0.15) is 37.6 Å². The molecule has 2 aromatic rings. The largest absolute Gasteiger partial charge is 0.389 e. The van der Waals surface area contributed by atoms with E-state index in [2.05, 4.69) is 33.8 Å². The number of rotatable bonds is 1. The molecule has 18 heavy (non-hydrogen) atoms. The molecule has 0 aliphatic carbocycles. The summed E-state index contributed by atoms with van der Waals surface area (Å²) in [6, 6.07) is 8.11. The highest BCUT2D eigenvalue weighted by Gasteiger charge is 2.19. The lowest BCUT2D eigenvalue weighted by atomic mass is 9.89. The number of benzene rings is 1. The van der Waals surface area contributed by atoms with Crippen LogP contribution in [0, 0.1) is 6.92 Å². The Morgan fingerprint density at radius 3 is 2.50 bits per heavy atom. The topological polar surface area (TPSA) is 38.9 Å². The minimum absolute atomic E-state index is 0.0179. The van der Waals surface area contributed by atoms with Gasteiger partial charge in [0, 0.05) is 22.1 Å². The van der Waals surface area contributed by atoms with E-state index < -0.39 is 0 Å². The van der Waals surface area contributed by atoms with E-state index in [1.165, 1.54) is 0 Å². The molecule has 0 fully saturated rings. The molecule has 94 valence electrons. The van der Waals surface area contributed by atoms with Crippen molar-refractivity contribution in [3.63, 3.8) is 0 Å². The van der Waals surface area contributed by atoms with Gasteiger partial charge in [0.05, 0.1) is 5.52 Å². The maximum atomic E-state index is 5.85. The Morgan fingerprint density at radius 2 is 1.94 bits per heavy atom. The summed E-state index contributed by atoms with van der Waals surface area (Å²) >= 11 is 5.17. The van der Waals surface area contributed by atoms with Crippen molar-refractivity contribution in [2.75, 3.05) is 0 Å². The lowest BCUT2D eigenvalue weighted by Crippen LogP contribution is -2.17. The summed E-state index contributed by atoms with van der Waals surface area (Å²) in [7, 11) is 0. The number of para-hydroxylation sites is 1. The fraction of sp³-hybridized carbons (Fsp3) is 0.333. The van der Waals surface area contributed by atoms with Crippen LogP contribution in [-0.4, -0.2) is 9.97 Å². The Bertz CT molecular complexity index is 624. The molecule has 0 saturated heterocycles. The van der Waals surface area contributed by atoms with E-state index in [1.807, 2.05) is 18.2 Å². The van der Waals surface area contributed by atoms with Crippen LogP contribution in [0.25, 0.3) is 10.9 Å². The second-order valence-electron chi connectivity index (χ2n) is 5.64. The van der Waals surface area contributed by atoms with Crippen molar-refractivity contribution in [2.24, 2.45) is 5.73 Å². The van der Waals surface area contributed by atoms with Gasteiger partial charge in [-0.3, -0.25) is 4.98 Å². The summed E-state index contributed by atoms with van der Waals surface area (Å²) < 4.78 is 0. The van der Waals surface area contributed by atoms with Gasteiger partial charge in [-0.25, -0.2) is 0 Å². The first-order chi connectivity index (χ1) is 8.30. The molecule has 1 heterocycles. The Morgan fingerprint density at radius 1 is 1.28 bits per heavy atom. The Kier molecular flexibility index (Phi) is 3.11. The third kappa shape index (κ3) is 2.23. The van der Waals surface area contributed by atoms with Crippen molar-refractivity contribution in [1.29, 1.82) is 0 Å². The number of nitrogens with two attached hydrogens (primary N) is 1. The van der Waals surface area contributed by atoms with Gasteiger partial charge >= 0.3 is 0 Å². The fourth-order valence-corrected chi connectivity index (χ4v) is 2.15. The number of pyridine rings is 1. The zero-order valence-corrected chi connectivity index (χ0v) is 12.1. The van der Waals surface area contributed by atoms with E-state index in [1.54, 1.807) is 0 Å². The first-order valence-electron chi connectivity index (χ1n) is 6.01. The predicted octanol–water partition coefficient (Wildman–Crippen LogP) is 3.47. The maximum Gasteiger partial charge on any atom is 0.104 e. The molecule has 0 aliphatic rings.